The Hall–Kier alpha value is -1.10. The van der Waals surface area contributed by atoms with Crippen molar-refractivity contribution >= 4 is 22.6 Å². The van der Waals surface area contributed by atoms with Gasteiger partial charge in [0.2, 0.25) is 0 Å². The van der Waals surface area contributed by atoms with Gasteiger partial charge in [-0.15, -0.1) is 0 Å². The van der Waals surface area contributed by atoms with E-state index in [0.29, 0.717) is 10.8 Å². The number of H-pyrrole nitrogens is 1. The summed E-state index contributed by atoms with van der Waals surface area (Å²) >= 11 is 5.81. The Bertz CT molecular complexity index is 454. The first-order chi connectivity index (χ1) is 6.70. The van der Waals surface area contributed by atoms with Crippen LogP contribution in [0, 0.1) is 0 Å². The van der Waals surface area contributed by atoms with Gasteiger partial charge in [0.25, 0.3) is 0 Å². The van der Waals surface area contributed by atoms with Gasteiger partial charge in [-0.25, -0.2) is 4.98 Å². The number of aromatic nitrogens is 2. The normalized spacial score (nSPS) is 13.4. The molecule has 0 aliphatic carbocycles. The molecule has 1 unspecified atom stereocenters. The third kappa shape index (κ3) is 1.59. The second kappa shape index (κ2) is 3.57. The molecule has 0 saturated heterocycles. The second-order valence-corrected chi connectivity index (χ2v) is 3.51. The molecule has 74 valence electrons. The Balaban J connectivity index is 2.51. The highest BCUT2D eigenvalue weighted by atomic mass is 35.5. The van der Waals surface area contributed by atoms with Crippen molar-refractivity contribution in [1.29, 1.82) is 0 Å². The van der Waals surface area contributed by atoms with Gasteiger partial charge in [-0.1, -0.05) is 11.6 Å². The Labute approximate surface area is 85.7 Å². The number of hydrogen-bond donors (Lipinski definition) is 3. The molecule has 0 bridgehead atoms. The van der Waals surface area contributed by atoms with Gasteiger partial charge in [0.1, 0.15) is 5.82 Å². The first-order valence-electron chi connectivity index (χ1n) is 4.22. The van der Waals surface area contributed by atoms with Crippen LogP contribution in [0.5, 0.6) is 0 Å². The number of nitrogens with one attached hydrogen (secondary N) is 1. The summed E-state index contributed by atoms with van der Waals surface area (Å²) in [5.41, 5.74) is 7.25. The van der Waals surface area contributed by atoms with E-state index >= 15 is 0 Å². The van der Waals surface area contributed by atoms with Crippen LogP contribution in [0.4, 0.5) is 0 Å². The lowest BCUT2D eigenvalue weighted by molar-refractivity contribution is 0.264. The molecule has 1 atom stereocenters. The molecule has 4 N–H and O–H groups in total. The van der Waals surface area contributed by atoms with Crippen molar-refractivity contribution < 1.29 is 5.11 Å². The summed E-state index contributed by atoms with van der Waals surface area (Å²) in [5.74, 6) is 0.574. The molecule has 0 fully saturated rings. The van der Waals surface area contributed by atoms with Crippen molar-refractivity contribution in [2.75, 3.05) is 6.61 Å². The van der Waals surface area contributed by atoms with Gasteiger partial charge in [-0.05, 0) is 18.2 Å². The molecule has 0 radical (unpaired) electrons. The summed E-state index contributed by atoms with van der Waals surface area (Å²) in [6.45, 7) is -0.131. The molecule has 2 rings (SSSR count). The summed E-state index contributed by atoms with van der Waals surface area (Å²) < 4.78 is 0. The molecule has 0 aliphatic rings. The van der Waals surface area contributed by atoms with Gasteiger partial charge in [0.05, 0.1) is 23.7 Å². The zero-order valence-electron chi connectivity index (χ0n) is 7.37. The molecular weight excluding hydrogens is 202 g/mol. The highest BCUT2D eigenvalue weighted by molar-refractivity contribution is 6.31. The summed E-state index contributed by atoms with van der Waals surface area (Å²) in [4.78, 5) is 7.24. The Morgan fingerprint density at radius 1 is 1.57 bits per heavy atom. The van der Waals surface area contributed by atoms with E-state index in [0.717, 1.165) is 11.0 Å². The molecule has 4 nitrogen and oxygen atoms in total. The molecule has 0 saturated carbocycles. The van der Waals surface area contributed by atoms with Gasteiger partial charge in [0, 0.05) is 5.02 Å². The maximum atomic E-state index is 8.86. The van der Waals surface area contributed by atoms with Crippen LogP contribution in [0.2, 0.25) is 5.02 Å². The second-order valence-electron chi connectivity index (χ2n) is 3.07. The lowest BCUT2D eigenvalue weighted by Gasteiger charge is -2.01. The lowest BCUT2D eigenvalue weighted by atomic mass is 10.3. The van der Waals surface area contributed by atoms with Gasteiger partial charge in [0.15, 0.2) is 0 Å². The van der Waals surface area contributed by atoms with Gasteiger partial charge < -0.3 is 15.8 Å². The molecule has 1 heterocycles. The zero-order chi connectivity index (χ0) is 10.1. The number of nitrogens with two attached hydrogens (primary N) is 1. The van der Waals surface area contributed by atoms with Crippen LogP contribution in [0.15, 0.2) is 18.2 Å². The molecule has 1 aromatic heterocycles. The Kier molecular flexibility index (Phi) is 2.41. The fraction of sp³-hybridized carbons (Fsp3) is 0.222. The number of imidazole rings is 1. The fourth-order valence-corrected chi connectivity index (χ4v) is 1.43. The number of rotatable bonds is 2. The summed E-state index contributed by atoms with van der Waals surface area (Å²) in [5, 5.41) is 9.49. The topological polar surface area (TPSA) is 74.9 Å². The SMILES string of the molecule is NC(CO)c1nc2cc(Cl)ccc2[nH]1. The van der Waals surface area contributed by atoms with Crippen LogP contribution in [-0.2, 0) is 0 Å². The van der Waals surface area contributed by atoms with E-state index in [-0.39, 0.29) is 6.61 Å². The van der Waals surface area contributed by atoms with E-state index in [4.69, 9.17) is 22.4 Å². The van der Waals surface area contributed by atoms with Crippen molar-refractivity contribution in [3.05, 3.63) is 29.0 Å². The summed E-state index contributed by atoms with van der Waals surface area (Å²) in [6.07, 6.45) is 0. The van der Waals surface area contributed by atoms with Crippen molar-refractivity contribution in [3.8, 4) is 0 Å². The van der Waals surface area contributed by atoms with Crippen molar-refractivity contribution in [2.45, 2.75) is 6.04 Å². The highest BCUT2D eigenvalue weighted by Gasteiger charge is 2.09. The number of aromatic amines is 1. The Morgan fingerprint density at radius 3 is 3.07 bits per heavy atom. The standard InChI is InChI=1S/C9H10ClN3O/c10-5-1-2-7-8(3-5)13-9(12-7)6(11)4-14/h1-3,6,14H,4,11H2,(H,12,13). The van der Waals surface area contributed by atoms with Crippen molar-refractivity contribution in [2.24, 2.45) is 5.73 Å². The molecular formula is C9H10ClN3O. The average Bonchev–Trinajstić information content (AvgIpc) is 2.59. The molecule has 5 heteroatoms. The van der Waals surface area contributed by atoms with Crippen LogP contribution in [0.3, 0.4) is 0 Å². The molecule has 1 aromatic carbocycles. The van der Waals surface area contributed by atoms with Crippen LogP contribution >= 0.6 is 11.6 Å². The lowest BCUT2D eigenvalue weighted by Crippen LogP contribution is -2.15. The molecule has 0 aliphatic heterocycles. The number of nitrogens with zero attached hydrogens (tertiary/aromatic N) is 1. The van der Waals surface area contributed by atoms with E-state index in [1.807, 2.05) is 6.07 Å². The third-order valence-corrected chi connectivity index (χ3v) is 2.25. The van der Waals surface area contributed by atoms with Crippen LogP contribution in [0.25, 0.3) is 11.0 Å². The largest absolute Gasteiger partial charge is 0.394 e. The number of fused-ring (bicyclic) bond motifs is 1. The minimum atomic E-state index is -0.471. The average molecular weight is 212 g/mol. The number of hydrogen-bond acceptors (Lipinski definition) is 3. The molecule has 0 amide bonds. The maximum Gasteiger partial charge on any atom is 0.126 e. The van der Waals surface area contributed by atoms with Gasteiger partial charge >= 0.3 is 0 Å². The van der Waals surface area contributed by atoms with Gasteiger partial charge in [-0.2, -0.15) is 0 Å². The molecule has 2 aromatic rings. The number of benzene rings is 1. The molecule has 0 spiro atoms. The van der Waals surface area contributed by atoms with E-state index in [9.17, 15) is 0 Å². The van der Waals surface area contributed by atoms with E-state index in [1.54, 1.807) is 12.1 Å². The highest BCUT2D eigenvalue weighted by Crippen LogP contribution is 2.18. The minimum absolute atomic E-state index is 0.131. The predicted octanol–water partition coefficient (Wildman–Crippen LogP) is 1.21. The first-order valence-corrected chi connectivity index (χ1v) is 4.60. The quantitative estimate of drug-likeness (QED) is 0.699. The van der Waals surface area contributed by atoms with E-state index in [1.165, 1.54) is 0 Å². The minimum Gasteiger partial charge on any atom is -0.394 e. The molecule has 14 heavy (non-hydrogen) atoms. The fourth-order valence-electron chi connectivity index (χ4n) is 1.26. The summed E-state index contributed by atoms with van der Waals surface area (Å²) in [6, 6.07) is 4.89. The van der Waals surface area contributed by atoms with E-state index in [2.05, 4.69) is 9.97 Å². The van der Waals surface area contributed by atoms with Crippen LogP contribution < -0.4 is 5.73 Å². The van der Waals surface area contributed by atoms with Crippen LogP contribution in [0.1, 0.15) is 11.9 Å². The monoisotopic (exact) mass is 211 g/mol. The zero-order valence-corrected chi connectivity index (χ0v) is 8.12. The number of halogens is 1. The smallest absolute Gasteiger partial charge is 0.126 e. The Morgan fingerprint density at radius 2 is 2.36 bits per heavy atom. The predicted molar refractivity (Wildman–Crippen MR) is 55.1 cm³/mol. The first kappa shape index (κ1) is 9.45. The van der Waals surface area contributed by atoms with Crippen molar-refractivity contribution in [3.63, 3.8) is 0 Å². The third-order valence-electron chi connectivity index (χ3n) is 2.01. The van der Waals surface area contributed by atoms with Gasteiger partial charge in [-0.3, -0.25) is 0 Å². The summed E-state index contributed by atoms with van der Waals surface area (Å²) in [7, 11) is 0. The maximum absolute atomic E-state index is 8.86. The van der Waals surface area contributed by atoms with Crippen molar-refractivity contribution in [1.82, 2.24) is 9.97 Å². The number of aliphatic hydroxyl groups excluding tert-OH is 1. The number of aliphatic hydroxyl groups is 1. The van der Waals surface area contributed by atoms with E-state index < -0.39 is 6.04 Å². The van der Waals surface area contributed by atoms with Crippen LogP contribution in [-0.4, -0.2) is 21.7 Å².